The third-order valence-electron chi connectivity index (χ3n) is 2.66. The molecule has 0 aromatic heterocycles. The molecular formula is C13H13ClN2O2. The fourth-order valence-electron chi connectivity index (χ4n) is 1.70. The van der Waals surface area contributed by atoms with Crippen LogP contribution in [-0.4, -0.2) is 36.3 Å². The number of piperazine rings is 1. The summed E-state index contributed by atoms with van der Waals surface area (Å²) in [6.45, 7) is 1.16. The molecule has 94 valence electrons. The van der Waals surface area contributed by atoms with Crippen LogP contribution < -0.4 is 5.32 Å². The van der Waals surface area contributed by atoms with E-state index in [1.54, 1.807) is 12.1 Å². The molecule has 1 saturated heterocycles. The number of nitrogens with one attached hydrogen (secondary N) is 1. The summed E-state index contributed by atoms with van der Waals surface area (Å²) in [5, 5.41) is 3.27. The first kappa shape index (κ1) is 12.6. The van der Waals surface area contributed by atoms with Crippen LogP contribution in [0.2, 0.25) is 5.02 Å². The Labute approximate surface area is 110 Å². The van der Waals surface area contributed by atoms with Crippen molar-refractivity contribution in [2.75, 3.05) is 19.6 Å². The molecule has 5 heteroatoms. The van der Waals surface area contributed by atoms with Gasteiger partial charge in [0.15, 0.2) is 0 Å². The summed E-state index contributed by atoms with van der Waals surface area (Å²) in [6, 6.07) is 7.27. The van der Waals surface area contributed by atoms with Crippen molar-refractivity contribution in [2.45, 2.75) is 0 Å². The van der Waals surface area contributed by atoms with E-state index in [2.05, 4.69) is 5.32 Å². The normalized spacial score (nSPS) is 15.8. The maximum absolute atomic E-state index is 11.8. The number of hydrogen-bond acceptors (Lipinski definition) is 2. The fraction of sp³-hybridized carbons (Fsp3) is 0.231. The zero-order valence-corrected chi connectivity index (χ0v) is 10.5. The van der Waals surface area contributed by atoms with Crippen LogP contribution in [0.15, 0.2) is 30.3 Å². The summed E-state index contributed by atoms with van der Waals surface area (Å²) < 4.78 is 0. The summed E-state index contributed by atoms with van der Waals surface area (Å²) in [5.74, 6) is -0.300. The van der Waals surface area contributed by atoms with Gasteiger partial charge in [-0.2, -0.15) is 0 Å². The first-order valence-electron chi connectivity index (χ1n) is 5.65. The third kappa shape index (κ3) is 3.11. The van der Waals surface area contributed by atoms with Crippen LogP contribution in [0.1, 0.15) is 5.56 Å². The second-order valence-corrected chi connectivity index (χ2v) is 4.37. The zero-order valence-electron chi connectivity index (χ0n) is 9.73. The van der Waals surface area contributed by atoms with Crippen LogP contribution in [0, 0.1) is 0 Å². The summed E-state index contributed by atoms with van der Waals surface area (Å²) in [4.78, 5) is 24.5. The van der Waals surface area contributed by atoms with Crippen LogP contribution >= 0.6 is 11.6 Å². The van der Waals surface area contributed by atoms with E-state index in [1.165, 1.54) is 11.0 Å². The monoisotopic (exact) mass is 264 g/mol. The molecule has 0 aliphatic carbocycles. The highest BCUT2D eigenvalue weighted by molar-refractivity contribution is 6.32. The summed E-state index contributed by atoms with van der Waals surface area (Å²) in [7, 11) is 0. The number of halogens is 1. The molecule has 0 radical (unpaired) electrons. The Morgan fingerprint density at radius 1 is 1.39 bits per heavy atom. The quantitative estimate of drug-likeness (QED) is 0.819. The van der Waals surface area contributed by atoms with Crippen molar-refractivity contribution in [3.05, 3.63) is 40.9 Å². The lowest BCUT2D eigenvalue weighted by molar-refractivity contribution is -0.134. The van der Waals surface area contributed by atoms with Crippen molar-refractivity contribution < 1.29 is 9.59 Å². The lowest BCUT2D eigenvalue weighted by Crippen LogP contribution is -2.49. The number of carbonyl (C=O) groups is 2. The highest BCUT2D eigenvalue weighted by Crippen LogP contribution is 2.16. The molecule has 2 amide bonds. The van der Waals surface area contributed by atoms with E-state index in [1.807, 2.05) is 18.2 Å². The van der Waals surface area contributed by atoms with Crippen molar-refractivity contribution in [3.8, 4) is 0 Å². The first-order valence-corrected chi connectivity index (χ1v) is 6.03. The van der Waals surface area contributed by atoms with Gasteiger partial charge in [0.25, 0.3) is 0 Å². The Bertz CT molecular complexity index is 500. The number of rotatable bonds is 2. The molecule has 1 aromatic rings. The Hall–Kier alpha value is -1.81. The van der Waals surface area contributed by atoms with Crippen LogP contribution in [0.5, 0.6) is 0 Å². The molecule has 1 aliphatic rings. The minimum atomic E-state index is -0.176. The molecule has 0 unspecified atom stereocenters. The van der Waals surface area contributed by atoms with Gasteiger partial charge in [0.1, 0.15) is 0 Å². The number of carbonyl (C=O) groups excluding carboxylic acids is 2. The van der Waals surface area contributed by atoms with Crippen molar-refractivity contribution in [1.82, 2.24) is 10.2 Å². The molecule has 0 spiro atoms. The van der Waals surface area contributed by atoms with Crippen LogP contribution in [0.3, 0.4) is 0 Å². The summed E-state index contributed by atoms with van der Waals surface area (Å²) in [6.07, 6.45) is 3.11. The smallest absolute Gasteiger partial charge is 0.247 e. The minimum Gasteiger partial charge on any atom is -0.353 e. The highest BCUT2D eigenvalue weighted by atomic mass is 35.5. The van der Waals surface area contributed by atoms with Gasteiger partial charge >= 0.3 is 0 Å². The van der Waals surface area contributed by atoms with E-state index in [0.29, 0.717) is 18.1 Å². The van der Waals surface area contributed by atoms with Crippen molar-refractivity contribution in [1.29, 1.82) is 0 Å². The molecule has 1 fully saturated rings. The van der Waals surface area contributed by atoms with Gasteiger partial charge in [0.2, 0.25) is 11.8 Å². The standard InChI is InChI=1S/C13H13ClN2O2/c14-11-4-2-1-3-10(11)5-6-13(18)16-8-7-15-12(17)9-16/h1-6H,7-9H2,(H,15,17)/b6-5+. The second kappa shape index (κ2) is 5.69. The summed E-state index contributed by atoms with van der Waals surface area (Å²) in [5.41, 5.74) is 0.786. The molecule has 0 bridgehead atoms. The second-order valence-electron chi connectivity index (χ2n) is 3.96. The van der Waals surface area contributed by atoms with Gasteiger partial charge in [-0.15, -0.1) is 0 Å². The van der Waals surface area contributed by atoms with E-state index in [4.69, 9.17) is 11.6 Å². The molecule has 0 saturated carbocycles. The van der Waals surface area contributed by atoms with E-state index in [9.17, 15) is 9.59 Å². The maximum Gasteiger partial charge on any atom is 0.247 e. The van der Waals surface area contributed by atoms with Gasteiger partial charge in [-0.25, -0.2) is 0 Å². The Morgan fingerprint density at radius 3 is 2.89 bits per heavy atom. The van der Waals surface area contributed by atoms with Crippen LogP contribution in [-0.2, 0) is 9.59 Å². The Balaban J connectivity index is 2.03. The van der Waals surface area contributed by atoms with Gasteiger partial charge < -0.3 is 10.2 Å². The van der Waals surface area contributed by atoms with E-state index >= 15 is 0 Å². The maximum atomic E-state index is 11.8. The Kier molecular flexibility index (Phi) is 3.99. The van der Waals surface area contributed by atoms with Gasteiger partial charge in [0.05, 0.1) is 6.54 Å². The molecule has 1 N–H and O–H groups in total. The van der Waals surface area contributed by atoms with E-state index in [0.717, 1.165) is 5.56 Å². The largest absolute Gasteiger partial charge is 0.353 e. The lowest BCUT2D eigenvalue weighted by atomic mass is 10.2. The molecule has 1 heterocycles. The minimum absolute atomic E-state index is 0.117. The van der Waals surface area contributed by atoms with Crippen molar-refractivity contribution >= 4 is 29.5 Å². The Morgan fingerprint density at radius 2 is 2.17 bits per heavy atom. The van der Waals surface area contributed by atoms with Gasteiger partial charge in [-0.3, -0.25) is 9.59 Å². The SMILES string of the molecule is O=C1CN(C(=O)/C=C/c2ccccc2Cl)CCN1. The molecule has 0 atom stereocenters. The number of amides is 2. The number of benzene rings is 1. The van der Waals surface area contributed by atoms with Crippen molar-refractivity contribution in [3.63, 3.8) is 0 Å². The molecule has 1 aromatic carbocycles. The van der Waals surface area contributed by atoms with Gasteiger partial charge in [-0.1, -0.05) is 29.8 Å². The van der Waals surface area contributed by atoms with Gasteiger partial charge in [-0.05, 0) is 17.7 Å². The first-order chi connectivity index (χ1) is 8.66. The molecular weight excluding hydrogens is 252 g/mol. The lowest BCUT2D eigenvalue weighted by Gasteiger charge is -2.25. The number of hydrogen-bond donors (Lipinski definition) is 1. The predicted molar refractivity (Wildman–Crippen MR) is 70.1 cm³/mol. The van der Waals surface area contributed by atoms with Crippen LogP contribution in [0.25, 0.3) is 6.08 Å². The van der Waals surface area contributed by atoms with Crippen LogP contribution in [0.4, 0.5) is 0 Å². The fourth-order valence-corrected chi connectivity index (χ4v) is 1.90. The third-order valence-corrected chi connectivity index (χ3v) is 3.00. The summed E-state index contributed by atoms with van der Waals surface area (Å²) >= 11 is 5.98. The van der Waals surface area contributed by atoms with Gasteiger partial charge in [0, 0.05) is 24.2 Å². The zero-order chi connectivity index (χ0) is 13.0. The number of nitrogens with zero attached hydrogens (tertiary/aromatic N) is 1. The van der Waals surface area contributed by atoms with E-state index in [-0.39, 0.29) is 18.4 Å². The molecule has 2 rings (SSSR count). The molecule has 1 aliphatic heterocycles. The molecule has 18 heavy (non-hydrogen) atoms. The van der Waals surface area contributed by atoms with E-state index < -0.39 is 0 Å². The highest BCUT2D eigenvalue weighted by Gasteiger charge is 2.18. The predicted octanol–water partition coefficient (Wildman–Crippen LogP) is 1.31. The average molecular weight is 265 g/mol. The van der Waals surface area contributed by atoms with Crippen molar-refractivity contribution in [2.24, 2.45) is 0 Å². The molecule has 4 nitrogen and oxygen atoms in total. The average Bonchev–Trinajstić information content (AvgIpc) is 2.37. The topological polar surface area (TPSA) is 49.4 Å².